The fourth-order valence-corrected chi connectivity index (χ4v) is 5.06. The number of sulfone groups is 1. The molecule has 1 aromatic carbocycles. The van der Waals surface area contributed by atoms with Crippen molar-refractivity contribution in [2.75, 3.05) is 11.1 Å². The molecular weight excluding hydrogens is 469 g/mol. The Morgan fingerprint density at radius 1 is 1.33 bits per heavy atom. The molecule has 7 heteroatoms. The van der Waals surface area contributed by atoms with Gasteiger partial charge in [-0.05, 0) is 69.6 Å². The normalized spacial score (nSPS) is 16.1. The van der Waals surface area contributed by atoms with E-state index in [0.717, 1.165) is 33.7 Å². The maximum absolute atomic E-state index is 12.1. The lowest BCUT2D eigenvalue weighted by atomic mass is 10.3. The molecule has 0 aliphatic heterocycles. The molecule has 1 aliphatic carbocycles. The fourth-order valence-electron chi connectivity index (χ4n) is 2.45. The molecule has 1 fully saturated rings. The Labute approximate surface area is 147 Å². The molecule has 116 valence electrons. The topological polar surface area (TPSA) is 63.2 Å². The van der Waals surface area contributed by atoms with Crippen LogP contribution in [0.3, 0.4) is 0 Å². The van der Waals surface area contributed by atoms with E-state index in [2.05, 4.69) is 43.8 Å². The Morgan fingerprint density at radius 3 is 2.62 bits per heavy atom. The number of rotatable bonds is 5. The second-order valence-electron chi connectivity index (χ2n) is 5.20. The highest BCUT2D eigenvalue weighted by Gasteiger charge is 2.28. The van der Waals surface area contributed by atoms with Gasteiger partial charge >= 0.3 is 0 Å². The minimum Gasteiger partial charge on any atom is -0.326 e. The van der Waals surface area contributed by atoms with Crippen molar-refractivity contribution in [2.24, 2.45) is 0 Å². The standard InChI is InChI=1S/C14H17BrINO3S/c15-12-6-5-10(9-13(12)16)17-14(18)7-8-21(19,20)11-3-1-2-4-11/h5-6,9,11H,1-4,7-8H2,(H,17,18). The summed E-state index contributed by atoms with van der Waals surface area (Å²) in [6, 6.07) is 5.48. The molecule has 0 unspecified atom stereocenters. The number of nitrogens with one attached hydrogen (secondary N) is 1. The monoisotopic (exact) mass is 485 g/mol. The summed E-state index contributed by atoms with van der Waals surface area (Å²) in [5.41, 5.74) is 0.686. The first-order valence-corrected chi connectivity index (χ1v) is 10.4. The van der Waals surface area contributed by atoms with Gasteiger partial charge in [0.15, 0.2) is 9.84 Å². The summed E-state index contributed by atoms with van der Waals surface area (Å²) in [4.78, 5) is 11.9. The summed E-state index contributed by atoms with van der Waals surface area (Å²) in [6.07, 6.45) is 3.47. The first-order chi connectivity index (χ1) is 9.88. The van der Waals surface area contributed by atoms with Gasteiger partial charge in [0.2, 0.25) is 5.91 Å². The minimum absolute atomic E-state index is 0.0193. The highest BCUT2D eigenvalue weighted by atomic mass is 127. The van der Waals surface area contributed by atoms with Gasteiger partial charge in [-0.2, -0.15) is 0 Å². The quantitative estimate of drug-likeness (QED) is 0.646. The van der Waals surface area contributed by atoms with Gasteiger partial charge in [-0.1, -0.05) is 12.8 Å². The average molecular weight is 486 g/mol. The van der Waals surface area contributed by atoms with Crippen molar-refractivity contribution in [2.45, 2.75) is 37.4 Å². The van der Waals surface area contributed by atoms with Crippen molar-refractivity contribution in [1.29, 1.82) is 0 Å². The fraction of sp³-hybridized carbons (Fsp3) is 0.500. The molecule has 0 spiro atoms. The van der Waals surface area contributed by atoms with Crippen LogP contribution in [-0.2, 0) is 14.6 Å². The van der Waals surface area contributed by atoms with Crippen molar-refractivity contribution >= 4 is 60.0 Å². The Kier molecular flexibility index (Phi) is 6.07. The molecule has 1 N–H and O–H groups in total. The third-order valence-electron chi connectivity index (χ3n) is 3.63. The van der Waals surface area contributed by atoms with Crippen molar-refractivity contribution in [3.63, 3.8) is 0 Å². The predicted molar refractivity (Wildman–Crippen MR) is 96.1 cm³/mol. The van der Waals surface area contributed by atoms with Gasteiger partial charge in [0.1, 0.15) is 0 Å². The van der Waals surface area contributed by atoms with E-state index in [4.69, 9.17) is 0 Å². The molecule has 2 rings (SSSR count). The van der Waals surface area contributed by atoms with Crippen LogP contribution >= 0.6 is 38.5 Å². The van der Waals surface area contributed by atoms with E-state index in [1.54, 1.807) is 6.07 Å². The largest absolute Gasteiger partial charge is 0.326 e. The van der Waals surface area contributed by atoms with Crippen molar-refractivity contribution < 1.29 is 13.2 Å². The molecule has 0 saturated heterocycles. The van der Waals surface area contributed by atoms with Gasteiger partial charge in [-0.3, -0.25) is 4.79 Å². The maximum Gasteiger partial charge on any atom is 0.225 e. The van der Waals surface area contributed by atoms with Gasteiger partial charge < -0.3 is 5.32 Å². The van der Waals surface area contributed by atoms with E-state index in [9.17, 15) is 13.2 Å². The lowest BCUT2D eigenvalue weighted by Gasteiger charge is -2.11. The number of carbonyl (C=O) groups is 1. The van der Waals surface area contributed by atoms with E-state index < -0.39 is 9.84 Å². The Bertz CT molecular complexity index is 627. The van der Waals surface area contributed by atoms with E-state index in [0.29, 0.717) is 5.69 Å². The molecule has 0 bridgehead atoms. The van der Waals surface area contributed by atoms with Crippen molar-refractivity contribution in [3.8, 4) is 0 Å². The van der Waals surface area contributed by atoms with Crippen LogP contribution in [0.25, 0.3) is 0 Å². The molecule has 0 aromatic heterocycles. The third-order valence-corrected chi connectivity index (χ3v) is 8.21. The molecule has 0 heterocycles. The van der Waals surface area contributed by atoms with Crippen molar-refractivity contribution in [3.05, 3.63) is 26.2 Å². The van der Waals surface area contributed by atoms with Crippen LogP contribution < -0.4 is 5.32 Å². The molecule has 0 atom stereocenters. The highest BCUT2D eigenvalue weighted by Crippen LogP contribution is 2.26. The summed E-state index contributed by atoms with van der Waals surface area (Å²) in [6.45, 7) is 0. The lowest BCUT2D eigenvalue weighted by Crippen LogP contribution is -2.24. The van der Waals surface area contributed by atoms with Crippen LogP contribution in [0.1, 0.15) is 32.1 Å². The average Bonchev–Trinajstić information content (AvgIpc) is 2.96. The van der Waals surface area contributed by atoms with Gasteiger partial charge in [0, 0.05) is 20.2 Å². The number of anilines is 1. The number of benzene rings is 1. The van der Waals surface area contributed by atoms with Crippen LogP contribution in [0.5, 0.6) is 0 Å². The molecule has 1 amide bonds. The van der Waals surface area contributed by atoms with E-state index in [1.165, 1.54) is 0 Å². The molecule has 21 heavy (non-hydrogen) atoms. The molecule has 0 radical (unpaired) electrons. The van der Waals surface area contributed by atoms with Crippen LogP contribution in [0, 0.1) is 3.57 Å². The first-order valence-electron chi connectivity index (χ1n) is 6.85. The Morgan fingerprint density at radius 2 is 2.00 bits per heavy atom. The van der Waals surface area contributed by atoms with Crippen LogP contribution in [0.2, 0.25) is 0 Å². The number of amides is 1. The lowest BCUT2D eigenvalue weighted by molar-refractivity contribution is -0.115. The first kappa shape index (κ1) is 17.2. The highest BCUT2D eigenvalue weighted by molar-refractivity contribution is 14.1. The number of hydrogen-bond donors (Lipinski definition) is 1. The maximum atomic E-state index is 12.1. The van der Waals surface area contributed by atoms with Crippen molar-refractivity contribution in [1.82, 2.24) is 0 Å². The molecule has 1 aromatic rings. The smallest absolute Gasteiger partial charge is 0.225 e. The van der Waals surface area contributed by atoms with Gasteiger partial charge in [-0.15, -0.1) is 0 Å². The van der Waals surface area contributed by atoms with Gasteiger partial charge in [-0.25, -0.2) is 8.42 Å². The zero-order valence-corrected chi connectivity index (χ0v) is 16.0. The number of halogens is 2. The van der Waals surface area contributed by atoms with E-state index in [-0.39, 0.29) is 23.3 Å². The Balaban J connectivity index is 1.88. The molecule has 1 aliphatic rings. The summed E-state index contributed by atoms with van der Waals surface area (Å²) in [5, 5.41) is 2.51. The number of hydrogen-bond acceptors (Lipinski definition) is 3. The van der Waals surface area contributed by atoms with Crippen LogP contribution in [0.15, 0.2) is 22.7 Å². The summed E-state index contributed by atoms with van der Waals surface area (Å²) in [7, 11) is -3.13. The number of carbonyl (C=O) groups excluding carboxylic acids is 1. The minimum atomic E-state index is -3.13. The van der Waals surface area contributed by atoms with Gasteiger partial charge in [0.05, 0.1) is 11.0 Å². The summed E-state index contributed by atoms with van der Waals surface area (Å²) >= 11 is 5.55. The Hall–Kier alpha value is -0.150. The van der Waals surface area contributed by atoms with Gasteiger partial charge in [0.25, 0.3) is 0 Å². The van der Waals surface area contributed by atoms with E-state index >= 15 is 0 Å². The van der Waals surface area contributed by atoms with E-state index in [1.807, 2.05) is 12.1 Å². The predicted octanol–water partition coefficient (Wildman–Crippen LogP) is 3.74. The second kappa shape index (κ2) is 7.41. The zero-order valence-electron chi connectivity index (χ0n) is 11.4. The second-order valence-corrected chi connectivity index (χ2v) is 9.62. The summed E-state index contributed by atoms with van der Waals surface area (Å²) < 4.78 is 26.2. The van der Waals surface area contributed by atoms with Crippen LogP contribution in [-0.4, -0.2) is 25.3 Å². The zero-order chi connectivity index (χ0) is 15.5. The summed E-state index contributed by atoms with van der Waals surface area (Å²) in [5.74, 6) is -0.313. The molecule has 1 saturated carbocycles. The molecular formula is C14H17BrINO3S. The molecule has 4 nitrogen and oxygen atoms in total. The third kappa shape index (κ3) is 4.92. The SMILES string of the molecule is O=C(CCS(=O)(=O)C1CCCC1)Nc1ccc(Br)c(I)c1. The van der Waals surface area contributed by atoms with Crippen LogP contribution in [0.4, 0.5) is 5.69 Å².